The molecule has 0 atom stereocenters. The quantitative estimate of drug-likeness (QED) is 0.576. The molecule has 0 aliphatic rings. The van der Waals surface area contributed by atoms with Gasteiger partial charge in [-0.3, -0.25) is 5.84 Å². The topological polar surface area (TPSA) is 66.7 Å². The number of aromatic amines is 1. The lowest BCUT2D eigenvalue weighted by Gasteiger charge is -1.97. The van der Waals surface area contributed by atoms with Gasteiger partial charge >= 0.3 is 0 Å². The first kappa shape index (κ1) is 15.0. The highest BCUT2D eigenvalue weighted by atomic mass is 35.5. The van der Waals surface area contributed by atoms with Crippen LogP contribution >= 0.6 is 24.8 Å². The van der Waals surface area contributed by atoms with Crippen LogP contribution in [0.2, 0.25) is 0 Å². The van der Waals surface area contributed by atoms with Crippen LogP contribution in [0.1, 0.15) is 25.6 Å². The minimum Gasteiger partial charge on any atom is -0.342 e. The van der Waals surface area contributed by atoms with Crippen molar-refractivity contribution in [3.63, 3.8) is 0 Å². The highest BCUT2D eigenvalue weighted by molar-refractivity contribution is 5.85. The van der Waals surface area contributed by atoms with E-state index in [1.165, 1.54) is 0 Å². The molecule has 2 aromatic rings. The van der Waals surface area contributed by atoms with E-state index in [0.717, 1.165) is 22.5 Å². The van der Waals surface area contributed by atoms with Gasteiger partial charge in [0.1, 0.15) is 5.82 Å². The van der Waals surface area contributed by atoms with Crippen molar-refractivity contribution in [3.05, 3.63) is 24.0 Å². The van der Waals surface area contributed by atoms with E-state index in [1.54, 1.807) is 0 Å². The number of imidazole rings is 1. The zero-order chi connectivity index (χ0) is 10.1. The van der Waals surface area contributed by atoms with Crippen LogP contribution in [0.25, 0.3) is 11.0 Å². The van der Waals surface area contributed by atoms with Gasteiger partial charge in [0.2, 0.25) is 0 Å². The molecule has 0 radical (unpaired) electrons. The zero-order valence-electron chi connectivity index (χ0n) is 9.15. The summed E-state index contributed by atoms with van der Waals surface area (Å²) >= 11 is 0. The van der Waals surface area contributed by atoms with Crippen molar-refractivity contribution in [2.75, 3.05) is 5.43 Å². The monoisotopic (exact) mass is 262 g/mol. The number of nitrogens with one attached hydrogen (secondary N) is 2. The molecule has 0 amide bonds. The fourth-order valence-corrected chi connectivity index (χ4v) is 1.39. The van der Waals surface area contributed by atoms with Crippen molar-refractivity contribution in [2.24, 2.45) is 5.84 Å². The number of hydrazine groups is 1. The molecule has 4 nitrogen and oxygen atoms in total. The second-order valence-corrected chi connectivity index (χ2v) is 3.65. The zero-order valence-corrected chi connectivity index (χ0v) is 10.8. The molecule has 0 unspecified atom stereocenters. The van der Waals surface area contributed by atoms with Crippen LogP contribution in [0.4, 0.5) is 5.69 Å². The summed E-state index contributed by atoms with van der Waals surface area (Å²) in [4.78, 5) is 7.73. The fourth-order valence-electron chi connectivity index (χ4n) is 1.39. The Morgan fingerprint density at radius 1 is 1.31 bits per heavy atom. The van der Waals surface area contributed by atoms with E-state index in [1.807, 2.05) is 18.2 Å². The standard InChI is InChI=1S/C10H14N4.2ClH/c1-6(2)10-12-8-4-3-7(14-11)5-9(8)13-10;;/h3-6,14H,11H2,1-2H3,(H,12,13);2*1H. The van der Waals surface area contributed by atoms with Gasteiger partial charge < -0.3 is 10.4 Å². The minimum atomic E-state index is 0. The summed E-state index contributed by atoms with van der Waals surface area (Å²) < 4.78 is 0. The van der Waals surface area contributed by atoms with Gasteiger partial charge in [0.05, 0.1) is 16.7 Å². The van der Waals surface area contributed by atoms with Crippen molar-refractivity contribution < 1.29 is 0 Å². The van der Waals surface area contributed by atoms with Crippen LogP contribution in [0.15, 0.2) is 18.2 Å². The summed E-state index contributed by atoms with van der Waals surface area (Å²) in [6.07, 6.45) is 0. The number of nitrogens with zero attached hydrogens (tertiary/aromatic N) is 1. The van der Waals surface area contributed by atoms with E-state index in [-0.39, 0.29) is 24.8 Å². The lowest BCUT2D eigenvalue weighted by molar-refractivity contribution is 0.799. The molecule has 0 bridgehead atoms. The number of benzene rings is 1. The van der Waals surface area contributed by atoms with E-state index in [9.17, 15) is 0 Å². The number of hydrogen-bond donors (Lipinski definition) is 3. The second kappa shape index (κ2) is 5.94. The number of nitrogens with two attached hydrogens (primary N) is 1. The molecular formula is C10H16Cl2N4. The van der Waals surface area contributed by atoms with Gasteiger partial charge in [-0.1, -0.05) is 13.8 Å². The Bertz CT molecular complexity index is 453. The molecule has 2 rings (SSSR count). The summed E-state index contributed by atoms with van der Waals surface area (Å²) in [5.41, 5.74) is 5.49. The Morgan fingerprint density at radius 3 is 2.56 bits per heavy atom. The van der Waals surface area contributed by atoms with Crippen LogP contribution < -0.4 is 11.3 Å². The SMILES string of the molecule is CC(C)c1nc2ccc(NN)cc2[nH]1.Cl.Cl. The Hall–Kier alpha value is -0.970. The van der Waals surface area contributed by atoms with Gasteiger partial charge in [0.15, 0.2) is 0 Å². The van der Waals surface area contributed by atoms with Crippen LogP contribution in [-0.4, -0.2) is 9.97 Å². The predicted molar refractivity (Wildman–Crippen MR) is 72.5 cm³/mol. The fraction of sp³-hybridized carbons (Fsp3) is 0.300. The molecule has 0 saturated heterocycles. The van der Waals surface area contributed by atoms with E-state index in [2.05, 4.69) is 29.2 Å². The number of aromatic nitrogens is 2. The maximum atomic E-state index is 5.32. The number of rotatable bonds is 2. The van der Waals surface area contributed by atoms with Crippen molar-refractivity contribution in [2.45, 2.75) is 19.8 Å². The van der Waals surface area contributed by atoms with Gasteiger partial charge in [-0.15, -0.1) is 24.8 Å². The summed E-state index contributed by atoms with van der Waals surface area (Å²) in [6.45, 7) is 4.22. The van der Waals surface area contributed by atoms with E-state index < -0.39 is 0 Å². The molecule has 0 fully saturated rings. The van der Waals surface area contributed by atoms with Gasteiger partial charge in [-0.2, -0.15) is 0 Å². The molecule has 0 aliphatic heterocycles. The Kier molecular flexibility index (Phi) is 5.58. The normalized spacial score (nSPS) is 9.75. The number of H-pyrrole nitrogens is 1. The molecule has 16 heavy (non-hydrogen) atoms. The van der Waals surface area contributed by atoms with Crippen LogP contribution in [0.3, 0.4) is 0 Å². The summed E-state index contributed by atoms with van der Waals surface area (Å²) in [7, 11) is 0. The molecular weight excluding hydrogens is 247 g/mol. The van der Waals surface area contributed by atoms with Crippen molar-refractivity contribution >= 4 is 41.5 Å². The maximum absolute atomic E-state index is 5.32. The molecule has 1 heterocycles. The third-order valence-corrected chi connectivity index (χ3v) is 2.21. The first-order valence-electron chi connectivity index (χ1n) is 4.67. The highest BCUT2D eigenvalue weighted by Crippen LogP contribution is 2.19. The average molecular weight is 263 g/mol. The summed E-state index contributed by atoms with van der Waals surface area (Å²) in [5, 5.41) is 0. The van der Waals surface area contributed by atoms with Gasteiger partial charge in [0, 0.05) is 5.92 Å². The van der Waals surface area contributed by atoms with Gasteiger partial charge in [-0.25, -0.2) is 4.98 Å². The third kappa shape index (κ3) is 2.78. The molecule has 0 spiro atoms. The number of anilines is 1. The van der Waals surface area contributed by atoms with E-state index in [0.29, 0.717) is 5.92 Å². The lowest BCUT2D eigenvalue weighted by atomic mass is 10.2. The first-order chi connectivity index (χ1) is 6.70. The molecule has 90 valence electrons. The molecule has 6 heteroatoms. The first-order valence-corrected chi connectivity index (χ1v) is 4.67. The molecule has 4 N–H and O–H groups in total. The van der Waals surface area contributed by atoms with Gasteiger partial charge in [0.25, 0.3) is 0 Å². The average Bonchev–Trinajstić information content (AvgIpc) is 2.59. The molecule has 0 saturated carbocycles. The summed E-state index contributed by atoms with van der Waals surface area (Å²) in [6, 6.07) is 5.81. The van der Waals surface area contributed by atoms with Crippen LogP contribution in [0.5, 0.6) is 0 Å². The van der Waals surface area contributed by atoms with E-state index in [4.69, 9.17) is 5.84 Å². The van der Waals surface area contributed by atoms with Crippen molar-refractivity contribution in [1.82, 2.24) is 9.97 Å². The van der Waals surface area contributed by atoms with Crippen LogP contribution in [0, 0.1) is 0 Å². The highest BCUT2D eigenvalue weighted by Gasteiger charge is 2.05. The molecule has 1 aromatic heterocycles. The Balaban J connectivity index is 0.00000112. The second-order valence-electron chi connectivity index (χ2n) is 3.65. The number of hydrogen-bond acceptors (Lipinski definition) is 3. The smallest absolute Gasteiger partial charge is 0.109 e. The predicted octanol–water partition coefficient (Wildman–Crippen LogP) is 2.82. The van der Waals surface area contributed by atoms with Crippen molar-refractivity contribution in [3.8, 4) is 0 Å². The van der Waals surface area contributed by atoms with Crippen LogP contribution in [-0.2, 0) is 0 Å². The van der Waals surface area contributed by atoms with E-state index >= 15 is 0 Å². The lowest BCUT2D eigenvalue weighted by Crippen LogP contribution is -2.05. The maximum Gasteiger partial charge on any atom is 0.109 e. The Morgan fingerprint density at radius 2 is 2.00 bits per heavy atom. The summed E-state index contributed by atoms with van der Waals surface area (Å²) in [5.74, 6) is 6.75. The third-order valence-electron chi connectivity index (χ3n) is 2.21. The van der Waals surface area contributed by atoms with Gasteiger partial charge in [-0.05, 0) is 18.2 Å². The molecule has 0 aliphatic carbocycles. The molecule has 1 aromatic carbocycles. The number of nitrogen functional groups attached to an aromatic ring is 1. The van der Waals surface area contributed by atoms with Crippen molar-refractivity contribution in [1.29, 1.82) is 0 Å². The largest absolute Gasteiger partial charge is 0.342 e. The Labute approximate surface area is 107 Å². The number of halogens is 2. The minimum absolute atomic E-state index is 0. The number of fused-ring (bicyclic) bond motifs is 1.